The van der Waals surface area contributed by atoms with Gasteiger partial charge in [-0.1, -0.05) is 78.4 Å². The molecule has 2 aliphatic rings. The van der Waals surface area contributed by atoms with Crippen LogP contribution in [-0.4, -0.2) is 31.3 Å². The number of hydrogen-bond donors (Lipinski definition) is 0. The predicted molar refractivity (Wildman–Crippen MR) is 117 cm³/mol. The molecule has 1 aliphatic heterocycles. The molecule has 0 spiro atoms. The van der Waals surface area contributed by atoms with Gasteiger partial charge in [-0.05, 0) is 30.2 Å². The number of carbonyl (C=O) groups excluding carboxylic acids is 1. The SMILES string of the molecule is Cc1ccc(S(=O)(=O)N2[C@@H](c3ccccc3)CO[C@H]2[C@@H]2C(=O)[C@H]2c2ccccc2)cc1. The number of ketones is 1. The van der Waals surface area contributed by atoms with Gasteiger partial charge in [-0.2, -0.15) is 4.31 Å². The average molecular weight is 434 g/mol. The number of sulfonamides is 1. The zero-order valence-electron chi connectivity index (χ0n) is 17.1. The van der Waals surface area contributed by atoms with Gasteiger partial charge in [0.1, 0.15) is 12.0 Å². The minimum atomic E-state index is -3.88. The van der Waals surface area contributed by atoms with E-state index in [1.165, 1.54) is 4.31 Å². The molecule has 4 atom stereocenters. The average Bonchev–Trinajstić information content (AvgIpc) is 3.25. The molecule has 158 valence electrons. The molecule has 6 heteroatoms. The summed E-state index contributed by atoms with van der Waals surface area (Å²) in [6.07, 6.45) is -0.825. The summed E-state index contributed by atoms with van der Waals surface area (Å²) in [4.78, 5) is 13.0. The molecular weight excluding hydrogens is 410 g/mol. The second kappa shape index (κ2) is 7.71. The summed E-state index contributed by atoms with van der Waals surface area (Å²) < 4.78 is 35.0. The van der Waals surface area contributed by atoms with Gasteiger partial charge in [-0.25, -0.2) is 8.42 Å². The topological polar surface area (TPSA) is 63.7 Å². The first-order chi connectivity index (χ1) is 15.0. The van der Waals surface area contributed by atoms with E-state index in [1.807, 2.05) is 67.6 Å². The van der Waals surface area contributed by atoms with Crippen LogP contribution in [-0.2, 0) is 19.6 Å². The second-order valence-corrected chi connectivity index (χ2v) is 9.96. The van der Waals surface area contributed by atoms with Crippen LogP contribution >= 0.6 is 0 Å². The van der Waals surface area contributed by atoms with Crippen molar-refractivity contribution in [2.75, 3.05) is 6.61 Å². The first-order valence-electron chi connectivity index (χ1n) is 10.3. The number of Topliss-reactive ketones (excluding diaryl/α,β-unsaturated/α-hetero) is 1. The molecule has 0 aromatic heterocycles. The van der Waals surface area contributed by atoms with Crippen molar-refractivity contribution in [1.82, 2.24) is 4.31 Å². The second-order valence-electron chi connectivity index (χ2n) is 8.11. The molecule has 1 heterocycles. The molecule has 1 saturated heterocycles. The number of ether oxygens (including phenoxy) is 1. The molecule has 1 aliphatic carbocycles. The Labute approximate surface area is 182 Å². The highest BCUT2D eigenvalue weighted by Gasteiger charge is 2.61. The highest BCUT2D eigenvalue weighted by atomic mass is 32.2. The van der Waals surface area contributed by atoms with Gasteiger partial charge in [0.25, 0.3) is 0 Å². The quantitative estimate of drug-likeness (QED) is 0.609. The molecule has 3 aromatic rings. The summed E-state index contributed by atoms with van der Waals surface area (Å²) in [5.74, 6) is -0.818. The smallest absolute Gasteiger partial charge is 0.245 e. The molecule has 5 rings (SSSR count). The minimum Gasteiger partial charge on any atom is -0.359 e. The van der Waals surface area contributed by atoms with Crippen LogP contribution in [0, 0.1) is 12.8 Å². The Hall–Kier alpha value is -2.80. The third-order valence-electron chi connectivity index (χ3n) is 6.11. The molecular formula is C25H23NO4S. The third kappa shape index (κ3) is 3.51. The van der Waals surface area contributed by atoms with Crippen molar-refractivity contribution in [2.45, 2.75) is 30.0 Å². The first kappa shape index (κ1) is 20.1. The zero-order chi connectivity index (χ0) is 21.6. The van der Waals surface area contributed by atoms with Crippen molar-refractivity contribution in [2.24, 2.45) is 5.92 Å². The van der Waals surface area contributed by atoms with Crippen LogP contribution in [0.4, 0.5) is 0 Å². The largest absolute Gasteiger partial charge is 0.359 e. The van der Waals surface area contributed by atoms with E-state index < -0.39 is 28.2 Å². The summed E-state index contributed by atoms with van der Waals surface area (Å²) in [6, 6.07) is 25.3. The molecule has 0 unspecified atom stereocenters. The Morgan fingerprint density at radius 1 is 0.839 bits per heavy atom. The molecule has 0 radical (unpaired) electrons. The number of hydrogen-bond acceptors (Lipinski definition) is 4. The van der Waals surface area contributed by atoms with Crippen LogP contribution in [0.5, 0.6) is 0 Å². The fourth-order valence-electron chi connectivity index (χ4n) is 4.43. The molecule has 31 heavy (non-hydrogen) atoms. The fourth-order valence-corrected chi connectivity index (χ4v) is 6.13. The normalized spacial score (nSPS) is 26.2. The van der Waals surface area contributed by atoms with E-state index in [1.54, 1.807) is 24.3 Å². The van der Waals surface area contributed by atoms with E-state index in [9.17, 15) is 13.2 Å². The lowest BCUT2D eigenvalue weighted by molar-refractivity contribution is -0.113. The first-order valence-corrected chi connectivity index (χ1v) is 11.8. The van der Waals surface area contributed by atoms with Gasteiger partial charge in [0.05, 0.1) is 29.4 Å². The van der Waals surface area contributed by atoms with Crippen LogP contribution in [0.3, 0.4) is 0 Å². The number of nitrogens with zero attached hydrogens (tertiary/aromatic N) is 1. The Kier molecular flexibility index (Phi) is 5.01. The van der Waals surface area contributed by atoms with Crippen LogP contribution in [0.1, 0.15) is 28.7 Å². The van der Waals surface area contributed by atoms with Crippen LogP contribution in [0.2, 0.25) is 0 Å². The Morgan fingerprint density at radius 2 is 1.42 bits per heavy atom. The summed E-state index contributed by atoms with van der Waals surface area (Å²) >= 11 is 0. The Bertz CT molecular complexity index is 1190. The van der Waals surface area contributed by atoms with Crippen molar-refractivity contribution in [1.29, 1.82) is 0 Å². The Balaban J connectivity index is 1.55. The van der Waals surface area contributed by atoms with Gasteiger partial charge in [0, 0.05) is 0 Å². The highest BCUT2D eigenvalue weighted by molar-refractivity contribution is 7.89. The number of benzene rings is 3. The number of aryl methyl sites for hydroxylation is 1. The molecule has 1 saturated carbocycles. The van der Waals surface area contributed by atoms with E-state index in [2.05, 4.69) is 0 Å². The maximum Gasteiger partial charge on any atom is 0.245 e. The lowest BCUT2D eigenvalue weighted by atomic mass is 10.1. The van der Waals surface area contributed by atoms with Gasteiger partial charge in [-0.3, -0.25) is 4.79 Å². The summed E-state index contributed by atoms with van der Waals surface area (Å²) in [7, 11) is -3.88. The number of carbonyl (C=O) groups is 1. The molecule has 3 aromatic carbocycles. The van der Waals surface area contributed by atoms with E-state index in [-0.39, 0.29) is 23.2 Å². The van der Waals surface area contributed by atoms with Gasteiger partial charge < -0.3 is 4.74 Å². The summed E-state index contributed by atoms with van der Waals surface area (Å²) in [6.45, 7) is 2.13. The van der Waals surface area contributed by atoms with E-state index >= 15 is 0 Å². The van der Waals surface area contributed by atoms with E-state index in [0.29, 0.717) is 0 Å². The maximum atomic E-state index is 13.8. The molecule has 2 fully saturated rings. The van der Waals surface area contributed by atoms with Crippen molar-refractivity contribution in [3.63, 3.8) is 0 Å². The summed E-state index contributed by atoms with van der Waals surface area (Å²) in [5.41, 5.74) is 2.73. The molecule has 0 N–H and O–H groups in total. The molecule has 5 nitrogen and oxygen atoms in total. The lowest BCUT2D eigenvalue weighted by Gasteiger charge is -2.27. The zero-order valence-corrected chi connectivity index (χ0v) is 17.9. The van der Waals surface area contributed by atoms with Crippen LogP contribution in [0.15, 0.2) is 89.8 Å². The van der Waals surface area contributed by atoms with E-state index in [4.69, 9.17) is 4.74 Å². The monoisotopic (exact) mass is 433 g/mol. The standard InChI is InChI=1S/C25H23NO4S/c1-17-12-14-20(15-13-17)31(28,29)26-21(18-8-4-2-5-9-18)16-30-25(26)23-22(24(23)27)19-10-6-3-7-11-19/h2-15,21-23,25H,16H2,1H3/t21-,22+,23+,25+/m1/s1. The third-order valence-corrected chi connectivity index (χ3v) is 8.00. The Morgan fingerprint density at radius 3 is 2.03 bits per heavy atom. The van der Waals surface area contributed by atoms with Crippen molar-refractivity contribution < 1.29 is 17.9 Å². The van der Waals surface area contributed by atoms with Crippen LogP contribution in [0.25, 0.3) is 0 Å². The molecule has 0 bridgehead atoms. The van der Waals surface area contributed by atoms with Gasteiger partial charge in [0.15, 0.2) is 0 Å². The van der Waals surface area contributed by atoms with Gasteiger partial charge >= 0.3 is 0 Å². The van der Waals surface area contributed by atoms with Crippen molar-refractivity contribution in [3.05, 3.63) is 102 Å². The number of rotatable bonds is 5. The van der Waals surface area contributed by atoms with Crippen LogP contribution < -0.4 is 0 Å². The molecule has 0 amide bonds. The minimum absolute atomic E-state index is 0.0222. The van der Waals surface area contributed by atoms with Crippen molar-refractivity contribution >= 4 is 15.8 Å². The predicted octanol–water partition coefficient (Wildman–Crippen LogP) is 4.07. The van der Waals surface area contributed by atoms with E-state index in [0.717, 1.165) is 16.7 Å². The maximum absolute atomic E-state index is 13.8. The highest BCUT2D eigenvalue weighted by Crippen LogP contribution is 2.51. The fraction of sp³-hybridized carbons (Fsp3) is 0.240. The summed E-state index contributed by atoms with van der Waals surface area (Å²) in [5, 5.41) is 0. The lowest BCUT2D eigenvalue weighted by Crippen LogP contribution is -2.39. The van der Waals surface area contributed by atoms with Gasteiger partial charge in [0.2, 0.25) is 10.0 Å². The van der Waals surface area contributed by atoms with Crippen molar-refractivity contribution in [3.8, 4) is 0 Å². The van der Waals surface area contributed by atoms with Gasteiger partial charge in [-0.15, -0.1) is 0 Å².